The van der Waals surface area contributed by atoms with E-state index in [9.17, 15) is 4.79 Å². The Morgan fingerprint density at radius 3 is 2.04 bits per heavy atom. The van der Waals surface area contributed by atoms with Crippen LogP contribution < -0.4 is 10.1 Å². The zero-order valence-electron chi connectivity index (χ0n) is 14.0. The van der Waals surface area contributed by atoms with Crippen LogP contribution in [-0.4, -0.2) is 41.2 Å². The number of nitrogens with one attached hydrogen (secondary N) is 1. The SMILES string of the molecule is O=C(COc1ccc(Br)cc1)NCCc1ccc(Cl)cc1.O=C(O)C(=O)O. The molecule has 0 unspecified atom stereocenters. The van der Waals surface area contributed by atoms with Gasteiger partial charge >= 0.3 is 11.9 Å². The second-order valence-electron chi connectivity index (χ2n) is 5.08. The largest absolute Gasteiger partial charge is 0.484 e. The van der Waals surface area contributed by atoms with Gasteiger partial charge in [0.05, 0.1) is 0 Å². The van der Waals surface area contributed by atoms with Crippen molar-refractivity contribution in [2.24, 2.45) is 0 Å². The number of benzene rings is 2. The Kier molecular flexibility index (Phi) is 9.92. The standard InChI is InChI=1S/C16H15BrClNO2.C2H2O4/c17-13-3-7-15(8-4-13)21-11-16(20)19-10-9-12-1-5-14(18)6-2-12;3-1(4)2(5)6/h1-8H,9-11H2,(H,19,20);(H,3,4)(H,5,6). The topological polar surface area (TPSA) is 113 Å². The van der Waals surface area contributed by atoms with Gasteiger partial charge in [-0.25, -0.2) is 9.59 Å². The van der Waals surface area contributed by atoms with Crippen LogP contribution in [-0.2, 0) is 20.8 Å². The van der Waals surface area contributed by atoms with E-state index in [4.69, 9.17) is 36.1 Å². The molecule has 1 amide bonds. The molecule has 0 fully saturated rings. The van der Waals surface area contributed by atoms with Crippen LogP contribution in [0.15, 0.2) is 53.0 Å². The molecule has 27 heavy (non-hydrogen) atoms. The van der Waals surface area contributed by atoms with Gasteiger partial charge in [-0.15, -0.1) is 0 Å². The maximum absolute atomic E-state index is 11.7. The van der Waals surface area contributed by atoms with Crippen molar-refractivity contribution >= 4 is 45.4 Å². The summed E-state index contributed by atoms with van der Waals surface area (Å²) >= 11 is 9.16. The summed E-state index contributed by atoms with van der Waals surface area (Å²) in [5, 5.41) is 18.3. The predicted molar refractivity (Wildman–Crippen MR) is 103 cm³/mol. The Hall–Kier alpha value is -2.58. The minimum Gasteiger partial charge on any atom is -0.484 e. The summed E-state index contributed by atoms with van der Waals surface area (Å²) in [5.74, 6) is -3.11. The van der Waals surface area contributed by atoms with Crippen LogP contribution in [0.5, 0.6) is 5.75 Å². The number of carbonyl (C=O) groups excluding carboxylic acids is 1. The number of hydrogen-bond donors (Lipinski definition) is 3. The minimum absolute atomic E-state index is 0.0161. The van der Waals surface area contributed by atoms with Crippen molar-refractivity contribution in [2.45, 2.75) is 6.42 Å². The monoisotopic (exact) mass is 457 g/mol. The Labute approximate surface area is 169 Å². The molecule has 0 aliphatic heterocycles. The third-order valence-corrected chi connectivity index (χ3v) is 3.80. The molecule has 2 rings (SSSR count). The number of carbonyl (C=O) groups is 3. The van der Waals surface area contributed by atoms with Crippen LogP contribution in [0.25, 0.3) is 0 Å². The van der Waals surface area contributed by atoms with E-state index in [2.05, 4.69) is 21.2 Å². The quantitative estimate of drug-likeness (QED) is 0.574. The Morgan fingerprint density at radius 1 is 0.963 bits per heavy atom. The van der Waals surface area contributed by atoms with Crippen molar-refractivity contribution < 1.29 is 29.3 Å². The van der Waals surface area contributed by atoms with Gasteiger partial charge in [0.1, 0.15) is 5.75 Å². The normalized spacial score (nSPS) is 9.56. The molecule has 7 nitrogen and oxygen atoms in total. The van der Waals surface area contributed by atoms with E-state index < -0.39 is 11.9 Å². The van der Waals surface area contributed by atoms with Gasteiger partial charge in [-0.3, -0.25) is 4.79 Å². The summed E-state index contributed by atoms with van der Waals surface area (Å²) in [6, 6.07) is 14.9. The maximum atomic E-state index is 11.7. The summed E-state index contributed by atoms with van der Waals surface area (Å²) in [7, 11) is 0. The molecule has 0 saturated heterocycles. The molecular formula is C18H17BrClNO6. The van der Waals surface area contributed by atoms with E-state index in [1.54, 1.807) is 0 Å². The van der Waals surface area contributed by atoms with Crippen molar-refractivity contribution in [1.82, 2.24) is 5.32 Å². The average Bonchev–Trinajstić information content (AvgIpc) is 2.63. The molecule has 9 heteroatoms. The molecule has 0 radical (unpaired) electrons. The number of aliphatic carboxylic acids is 2. The molecule has 0 saturated carbocycles. The lowest BCUT2D eigenvalue weighted by Gasteiger charge is -2.07. The lowest BCUT2D eigenvalue weighted by atomic mass is 10.1. The second kappa shape index (κ2) is 11.9. The van der Waals surface area contributed by atoms with Crippen molar-refractivity contribution in [3.05, 3.63) is 63.6 Å². The highest BCUT2D eigenvalue weighted by atomic mass is 79.9. The highest BCUT2D eigenvalue weighted by molar-refractivity contribution is 9.10. The first-order chi connectivity index (χ1) is 12.8. The van der Waals surface area contributed by atoms with E-state index in [1.165, 1.54) is 0 Å². The van der Waals surface area contributed by atoms with Gasteiger partial charge in [-0.2, -0.15) is 0 Å². The first kappa shape index (κ1) is 22.5. The molecule has 0 aliphatic rings. The minimum atomic E-state index is -1.82. The summed E-state index contributed by atoms with van der Waals surface area (Å²) in [4.78, 5) is 29.9. The average molecular weight is 459 g/mol. The van der Waals surface area contributed by atoms with E-state index >= 15 is 0 Å². The highest BCUT2D eigenvalue weighted by Gasteiger charge is 2.04. The number of amides is 1. The van der Waals surface area contributed by atoms with Crippen molar-refractivity contribution in [1.29, 1.82) is 0 Å². The van der Waals surface area contributed by atoms with Crippen molar-refractivity contribution in [3.63, 3.8) is 0 Å². The molecule has 0 bridgehead atoms. The highest BCUT2D eigenvalue weighted by Crippen LogP contribution is 2.15. The van der Waals surface area contributed by atoms with Gasteiger partial charge in [-0.1, -0.05) is 39.7 Å². The van der Waals surface area contributed by atoms with Gasteiger partial charge in [0.2, 0.25) is 0 Å². The zero-order chi connectivity index (χ0) is 20.2. The van der Waals surface area contributed by atoms with E-state index in [-0.39, 0.29) is 12.5 Å². The van der Waals surface area contributed by atoms with Crippen LogP contribution >= 0.6 is 27.5 Å². The predicted octanol–water partition coefficient (Wildman–Crippen LogP) is 3.00. The lowest BCUT2D eigenvalue weighted by molar-refractivity contribution is -0.159. The Bertz CT molecular complexity index is 752. The van der Waals surface area contributed by atoms with E-state index in [0.29, 0.717) is 17.3 Å². The third kappa shape index (κ3) is 10.2. The van der Waals surface area contributed by atoms with Crippen LogP contribution in [0.2, 0.25) is 5.02 Å². The lowest BCUT2D eigenvalue weighted by Crippen LogP contribution is -2.30. The zero-order valence-corrected chi connectivity index (χ0v) is 16.4. The molecule has 3 N–H and O–H groups in total. The van der Waals surface area contributed by atoms with Crippen LogP contribution in [0.1, 0.15) is 5.56 Å². The fourth-order valence-electron chi connectivity index (χ4n) is 1.73. The van der Waals surface area contributed by atoms with E-state index in [1.807, 2.05) is 48.5 Å². The van der Waals surface area contributed by atoms with Gasteiger partial charge in [0.15, 0.2) is 6.61 Å². The molecule has 0 aliphatic carbocycles. The van der Waals surface area contributed by atoms with Crippen molar-refractivity contribution in [2.75, 3.05) is 13.2 Å². The molecule has 2 aromatic rings. The smallest absolute Gasteiger partial charge is 0.414 e. The van der Waals surface area contributed by atoms with Gasteiger partial charge in [-0.05, 0) is 48.4 Å². The van der Waals surface area contributed by atoms with Crippen LogP contribution in [0, 0.1) is 0 Å². The number of rotatable bonds is 6. The number of carboxylic acids is 2. The third-order valence-electron chi connectivity index (χ3n) is 3.02. The second-order valence-corrected chi connectivity index (χ2v) is 6.43. The first-order valence-corrected chi connectivity index (χ1v) is 8.80. The van der Waals surface area contributed by atoms with Crippen LogP contribution in [0.4, 0.5) is 0 Å². The van der Waals surface area contributed by atoms with Crippen molar-refractivity contribution in [3.8, 4) is 5.75 Å². The van der Waals surface area contributed by atoms with E-state index in [0.717, 1.165) is 16.5 Å². The number of carboxylic acid groups (broad SMARTS) is 2. The molecule has 0 heterocycles. The molecule has 144 valence electrons. The summed E-state index contributed by atoms with van der Waals surface area (Å²) < 4.78 is 6.37. The Balaban J connectivity index is 0.000000527. The molecule has 0 atom stereocenters. The van der Waals surface area contributed by atoms with Gasteiger partial charge in [0, 0.05) is 16.0 Å². The van der Waals surface area contributed by atoms with Gasteiger partial charge < -0.3 is 20.3 Å². The van der Waals surface area contributed by atoms with Crippen LogP contribution in [0.3, 0.4) is 0 Å². The summed E-state index contributed by atoms with van der Waals surface area (Å²) in [5.41, 5.74) is 1.13. The first-order valence-electron chi connectivity index (χ1n) is 7.63. The number of ether oxygens (including phenoxy) is 1. The maximum Gasteiger partial charge on any atom is 0.414 e. The summed E-state index contributed by atoms with van der Waals surface area (Å²) in [6.45, 7) is 0.590. The van der Waals surface area contributed by atoms with Gasteiger partial charge in [0.25, 0.3) is 5.91 Å². The number of hydrogen-bond acceptors (Lipinski definition) is 4. The molecular weight excluding hydrogens is 442 g/mol. The fraction of sp³-hybridized carbons (Fsp3) is 0.167. The fourth-order valence-corrected chi connectivity index (χ4v) is 2.12. The number of halogens is 2. The Morgan fingerprint density at radius 2 is 1.52 bits per heavy atom. The molecule has 2 aromatic carbocycles. The summed E-state index contributed by atoms with van der Waals surface area (Å²) in [6.07, 6.45) is 0.765. The molecule has 0 spiro atoms. The molecule has 0 aromatic heterocycles.